The fourth-order valence-corrected chi connectivity index (χ4v) is 4.19. The molecule has 1 unspecified atom stereocenters. The Labute approximate surface area is 174 Å². The first-order valence-corrected chi connectivity index (χ1v) is 10.3. The van der Waals surface area contributed by atoms with E-state index in [1.54, 1.807) is 30.3 Å². The summed E-state index contributed by atoms with van der Waals surface area (Å²) in [5, 5.41) is 8.28. The SMILES string of the molecule is CC(NC(=O)c1ccc(-c2cc3c(Cl)cccc3c(=O)[nH]2)cc1)C1CCNCC1. The Kier molecular flexibility index (Phi) is 5.69. The van der Waals surface area contributed by atoms with E-state index in [-0.39, 0.29) is 17.5 Å². The topological polar surface area (TPSA) is 74.0 Å². The average Bonchev–Trinajstić information content (AvgIpc) is 2.75. The molecule has 1 saturated heterocycles. The predicted molar refractivity (Wildman–Crippen MR) is 118 cm³/mol. The number of amides is 1. The fraction of sp³-hybridized carbons (Fsp3) is 0.304. The second-order valence-corrected chi connectivity index (χ2v) is 8.05. The average molecular weight is 410 g/mol. The summed E-state index contributed by atoms with van der Waals surface area (Å²) >= 11 is 6.26. The molecule has 6 heteroatoms. The van der Waals surface area contributed by atoms with Crippen molar-refractivity contribution in [2.45, 2.75) is 25.8 Å². The quantitative estimate of drug-likeness (QED) is 0.610. The molecule has 0 radical (unpaired) electrons. The first-order chi connectivity index (χ1) is 14.0. The molecule has 3 N–H and O–H groups in total. The number of aromatic amines is 1. The van der Waals surface area contributed by atoms with E-state index in [9.17, 15) is 9.59 Å². The fourth-order valence-electron chi connectivity index (χ4n) is 3.96. The van der Waals surface area contributed by atoms with Gasteiger partial charge in [0.1, 0.15) is 0 Å². The maximum atomic E-state index is 12.6. The minimum Gasteiger partial charge on any atom is -0.349 e. The van der Waals surface area contributed by atoms with Gasteiger partial charge in [-0.1, -0.05) is 29.8 Å². The summed E-state index contributed by atoms with van der Waals surface area (Å²) in [7, 11) is 0. The van der Waals surface area contributed by atoms with Gasteiger partial charge in [0, 0.05) is 33.1 Å². The Balaban J connectivity index is 1.53. The lowest BCUT2D eigenvalue weighted by atomic mass is 9.91. The number of benzene rings is 2. The summed E-state index contributed by atoms with van der Waals surface area (Å²) < 4.78 is 0. The predicted octanol–water partition coefficient (Wildman–Crippen LogP) is 3.97. The third-order valence-electron chi connectivity index (χ3n) is 5.74. The van der Waals surface area contributed by atoms with Gasteiger partial charge in [0.15, 0.2) is 0 Å². The van der Waals surface area contributed by atoms with Crippen LogP contribution in [0.4, 0.5) is 0 Å². The molecule has 1 atom stereocenters. The van der Waals surface area contributed by atoms with E-state index >= 15 is 0 Å². The van der Waals surface area contributed by atoms with Gasteiger partial charge in [0.05, 0.1) is 0 Å². The molecule has 1 aliphatic heterocycles. The van der Waals surface area contributed by atoms with Gasteiger partial charge in [-0.15, -0.1) is 0 Å². The number of nitrogens with one attached hydrogen (secondary N) is 3. The van der Waals surface area contributed by atoms with Crippen LogP contribution in [-0.4, -0.2) is 30.0 Å². The lowest BCUT2D eigenvalue weighted by Gasteiger charge is -2.28. The van der Waals surface area contributed by atoms with Crippen LogP contribution in [0.3, 0.4) is 0 Å². The van der Waals surface area contributed by atoms with E-state index in [0.717, 1.165) is 31.5 Å². The monoisotopic (exact) mass is 409 g/mol. The highest BCUT2D eigenvalue weighted by Gasteiger charge is 2.21. The number of carbonyl (C=O) groups is 1. The zero-order chi connectivity index (χ0) is 20.4. The molecule has 0 bridgehead atoms. The van der Waals surface area contributed by atoms with Gasteiger partial charge in [0.2, 0.25) is 0 Å². The van der Waals surface area contributed by atoms with E-state index in [1.807, 2.05) is 18.2 Å². The number of hydrogen-bond acceptors (Lipinski definition) is 3. The summed E-state index contributed by atoms with van der Waals surface area (Å²) in [5.41, 5.74) is 1.92. The number of rotatable bonds is 4. The van der Waals surface area contributed by atoms with Crippen LogP contribution in [-0.2, 0) is 0 Å². The molecular weight excluding hydrogens is 386 g/mol. The van der Waals surface area contributed by atoms with E-state index in [2.05, 4.69) is 22.5 Å². The molecule has 3 aromatic rings. The van der Waals surface area contributed by atoms with Gasteiger partial charge < -0.3 is 15.6 Å². The lowest BCUT2D eigenvalue weighted by molar-refractivity contribution is 0.0920. The van der Waals surface area contributed by atoms with Gasteiger partial charge in [-0.25, -0.2) is 0 Å². The molecule has 0 saturated carbocycles. The van der Waals surface area contributed by atoms with E-state index in [0.29, 0.717) is 33.0 Å². The Morgan fingerprint density at radius 3 is 2.55 bits per heavy atom. The van der Waals surface area contributed by atoms with Crippen molar-refractivity contribution in [1.29, 1.82) is 0 Å². The smallest absolute Gasteiger partial charge is 0.256 e. The molecule has 1 fully saturated rings. The standard InChI is InChI=1S/C23H24ClN3O2/c1-14(15-9-11-25-12-10-15)26-22(28)17-7-5-16(6-8-17)21-13-19-18(23(29)27-21)3-2-4-20(19)24/h2-8,13-15,25H,9-12H2,1H3,(H,26,28)(H,27,29). The largest absolute Gasteiger partial charge is 0.349 e. The Bertz CT molecular complexity index is 1090. The number of piperidine rings is 1. The minimum atomic E-state index is -0.183. The second kappa shape index (κ2) is 8.39. The third-order valence-corrected chi connectivity index (χ3v) is 6.07. The number of halogens is 1. The van der Waals surface area contributed by atoms with Crippen LogP contribution < -0.4 is 16.2 Å². The van der Waals surface area contributed by atoms with Gasteiger partial charge in [-0.3, -0.25) is 9.59 Å². The van der Waals surface area contributed by atoms with Crippen LogP contribution in [0.5, 0.6) is 0 Å². The number of pyridine rings is 1. The van der Waals surface area contributed by atoms with E-state index < -0.39 is 0 Å². The van der Waals surface area contributed by atoms with Crippen molar-refractivity contribution in [3.63, 3.8) is 0 Å². The first kappa shape index (κ1) is 19.7. The molecule has 2 aromatic carbocycles. The molecule has 2 heterocycles. The van der Waals surface area contributed by atoms with Crippen LogP contribution in [0.2, 0.25) is 5.02 Å². The summed E-state index contributed by atoms with van der Waals surface area (Å²) in [6.45, 7) is 4.09. The maximum Gasteiger partial charge on any atom is 0.256 e. The van der Waals surface area contributed by atoms with Crippen molar-refractivity contribution in [1.82, 2.24) is 15.6 Å². The highest BCUT2D eigenvalue weighted by molar-refractivity contribution is 6.35. The van der Waals surface area contributed by atoms with Crippen molar-refractivity contribution < 1.29 is 4.79 Å². The molecule has 4 rings (SSSR count). The maximum absolute atomic E-state index is 12.6. The molecule has 1 aliphatic rings. The molecule has 1 aromatic heterocycles. The molecule has 0 spiro atoms. The third kappa shape index (κ3) is 4.21. The normalized spacial score (nSPS) is 15.9. The first-order valence-electron chi connectivity index (χ1n) is 9.96. The Hall–Kier alpha value is -2.63. The van der Waals surface area contributed by atoms with Crippen molar-refractivity contribution in [3.8, 4) is 11.3 Å². The van der Waals surface area contributed by atoms with E-state index in [1.165, 1.54) is 0 Å². The number of carbonyl (C=O) groups excluding carboxylic acids is 1. The highest BCUT2D eigenvalue weighted by Crippen LogP contribution is 2.25. The highest BCUT2D eigenvalue weighted by atomic mass is 35.5. The molecule has 0 aliphatic carbocycles. The molecule has 29 heavy (non-hydrogen) atoms. The van der Waals surface area contributed by atoms with Crippen molar-refractivity contribution >= 4 is 28.3 Å². The summed E-state index contributed by atoms with van der Waals surface area (Å²) in [6, 6.07) is 14.6. The molecular formula is C23H24ClN3O2. The van der Waals surface area contributed by atoms with Crippen LogP contribution in [0.15, 0.2) is 53.3 Å². The van der Waals surface area contributed by atoms with Crippen LogP contribution in [0.25, 0.3) is 22.0 Å². The van der Waals surface area contributed by atoms with Gasteiger partial charge in [-0.2, -0.15) is 0 Å². The molecule has 5 nitrogen and oxygen atoms in total. The van der Waals surface area contributed by atoms with E-state index in [4.69, 9.17) is 11.6 Å². The Morgan fingerprint density at radius 2 is 1.83 bits per heavy atom. The number of hydrogen-bond donors (Lipinski definition) is 3. The van der Waals surface area contributed by atoms with Crippen LogP contribution >= 0.6 is 11.6 Å². The summed E-state index contributed by atoms with van der Waals surface area (Å²) in [5.74, 6) is 0.435. The van der Waals surface area contributed by atoms with Gasteiger partial charge >= 0.3 is 0 Å². The van der Waals surface area contributed by atoms with Crippen LogP contribution in [0, 0.1) is 5.92 Å². The van der Waals surface area contributed by atoms with Crippen LogP contribution in [0.1, 0.15) is 30.1 Å². The van der Waals surface area contributed by atoms with Gasteiger partial charge in [0.25, 0.3) is 11.5 Å². The zero-order valence-electron chi connectivity index (χ0n) is 16.3. The zero-order valence-corrected chi connectivity index (χ0v) is 17.1. The second-order valence-electron chi connectivity index (χ2n) is 7.64. The Morgan fingerprint density at radius 1 is 1.10 bits per heavy atom. The van der Waals surface area contributed by atoms with Crippen molar-refractivity contribution in [3.05, 3.63) is 69.5 Å². The summed E-state index contributed by atoms with van der Waals surface area (Å²) in [4.78, 5) is 27.9. The number of H-pyrrole nitrogens is 1. The molecule has 150 valence electrons. The summed E-state index contributed by atoms with van der Waals surface area (Å²) in [6.07, 6.45) is 2.16. The van der Waals surface area contributed by atoms with Gasteiger partial charge in [-0.05, 0) is 74.7 Å². The number of aromatic nitrogens is 1. The minimum absolute atomic E-state index is 0.0716. The lowest BCUT2D eigenvalue weighted by Crippen LogP contribution is -2.42. The van der Waals surface area contributed by atoms with Crippen molar-refractivity contribution in [2.24, 2.45) is 5.92 Å². The molecule has 1 amide bonds. The van der Waals surface area contributed by atoms with Crippen molar-refractivity contribution in [2.75, 3.05) is 13.1 Å². The number of fused-ring (bicyclic) bond motifs is 1.